The van der Waals surface area contributed by atoms with Crippen LogP contribution in [0.5, 0.6) is 0 Å². The third-order valence-corrected chi connectivity index (χ3v) is 8.98. The van der Waals surface area contributed by atoms with Gasteiger partial charge in [0.1, 0.15) is 6.61 Å². The Kier molecular flexibility index (Phi) is 36.8. The van der Waals surface area contributed by atoms with Crippen molar-refractivity contribution in [2.45, 2.75) is 168 Å². The van der Waals surface area contributed by atoms with E-state index in [2.05, 4.69) is 62.5 Å². The largest absolute Gasteiger partial charge is 0.492 e. The number of phosphoric ester groups is 1. The lowest BCUT2D eigenvalue weighted by molar-refractivity contribution is -0.147. The maximum atomic E-state index is 12.3. The Balaban J connectivity index is 4.22. The van der Waals surface area contributed by atoms with Gasteiger partial charge >= 0.3 is 13.8 Å². The van der Waals surface area contributed by atoms with Crippen molar-refractivity contribution in [1.82, 2.24) is 0 Å². The summed E-state index contributed by atoms with van der Waals surface area (Å²) < 4.78 is 33.1. The molecule has 8 nitrogen and oxygen atoms in total. The Labute approximate surface area is 306 Å². The van der Waals surface area contributed by atoms with Crippen molar-refractivity contribution in [1.29, 1.82) is 0 Å². The fraction of sp³-hybridized carbons (Fsp3) is 0.732. The van der Waals surface area contributed by atoms with E-state index in [0.717, 1.165) is 51.4 Å². The predicted octanol–water partition coefficient (Wildman–Crippen LogP) is 11.8. The first-order chi connectivity index (χ1) is 24.4. The SMILES string of the molecule is CCCCCC=CCC=CCC=CCCCCC(=O)OC[C@H](COP(=O)(O)OCCN)OC=CCCCCCCCCC=CCCCCCC. The number of nitrogens with two attached hydrogens (primary N) is 1. The summed E-state index contributed by atoms with van der Waals surface area (Å²) in [6.45, 7) is 4.11. The summed E-state index contributed by atoms with van der Waals surface area (Å²) in [7, 11) is -4.28. The van der Waals surface area contributed by atoms with Crippen LogP contribution in [0.15, 0.2) is 60.9 Å². The van der Waals surface area contributed by atoms with Crippen LogP contribution in [-0.2, 0) is 27.9 Å². The average Bonchev–Trinajstić information content (AvgIpc) is 3.11. The lowest BCUT2D eigenvalue weighted by atomic mass is 10.1. The molecule has 0 radical (unpaired) electrons. The van der Waals surface area contributed by atoms with Gasteiger partial charge in [-0.15, -0.1) is 0 Å². The zero-order chi connectivity index (χ0) is 36.6. The zero-order valence-electron chi connectivity index (χ0n) is 31.9. The summed E-state index contributed by atoms with van der Waals surface area (Å²) in [4.78, 5) is 22.2. The summed E-state index contributed by atoms with van der Waals surface area (Å²) in [6.07, 6.45) is 46.2. The number of hydrogen-bond acceptors (Lipinski definition) is 7. The second-order valence-electron chi connectivity index (χ2n) is 12.8. The Morgan fingerprint density at radius 3 is 1.66 bits per heavy atom. The van der Waals surface area contributed by atoms with Gasteiger partial charge in [0.05, 0.1) is 19.5 Å². The van der Waals surface area contributed by atoms with Gasteiger partial charge in [0.2, 0.25) is 0 Å². The standard InChI is InChI=1S/C41H74NO7P/c1-3-5-7-9-11-13-15-17-19-21-23-25-27-29-31-33-36-46-40(39-49-50(44,45)48-37-35-42)38-47-41(43)34-32-30-28-26-24-22-20-18-16-14-12-10-8-6-4-2/h12-15,18,20,24,26,33,36,40H,3-11,16-17,19,21-23,25,27-32,34-35,37-39,42H2,1-2H3,(H,44,45)/t40-/m1/s1. The lowest BCUT2D eigenvalue weighted by Gasteiger charge is -2.19. The molecule has 0 spiro atoms. The van der Waals surface area contributed by atoms with E-state index >= 15 is 0 Å². The summed E-state index contributed by atoms with van der Waals surface area (Å²) in [5.74, 6) is -0.331. The molecule has 0 aliphatic rings. The van der Waals surface area contributed by atoms with Crippen molar-refractivity contribution in [3.63, 3.8) is 0 Å². The normalized spacial score (nSPS) is 14.2. The first-order valence-corrected chi connectivity index (χ1v) is 21.3. The van der Waals surface area contributed by atoms with Crippen LogP contribution < -0.4 is 5.73 Å². The molecule has 0 heterocycles. The maximum absolute atomic E-state index is 12.3. The van der Waals surface area contributed by atoms with E-state index in [1.807, 2.05) is 6.08 Å². The molecule has 0 rings (SSSR count). The number of rotatable bonds is 37. The van der Waals surface area contributed by atoms with Crippen LogP contribution in [0.4, 0.5) is 0 Å². The minimum Gasteiger partial charge on any atom is -0.492 e. The van der Waals surface area contributed by atoms with Crippen LogP contribution in [0.3, 0.4) is 0 Å². The molecule has 0 aromatic rings. The molecule has 0 bridgehead atoms. The molecule has 3 N–H and O–H groups in total. The molecule has 9 heteroatoms. The second kappa shape index (κ2) is 38.3. The number of unbranched alkanes of at least 4 members (excludes halogenated alkanes) is 16. The van der Waals surface area contributed by atoms with Crippen LogP contribution in [0.2, 0.25) is 0 Å². The van der Waals surface area contributed by atoms with Gasteiger partial charge in [-0.25, -0.2) is 4.57 Å². The molecule has 0 saturated carbocycles. The summed E-state index contributed by atoms with van der Waals surface area (Å²) in [5.41, 5.74) is 5.35. The Hall–Kier alpha value is -1.96. The Morgan fingerprint density at radius 2 is 1.08 bits per heavy atom. The molecule has 0 fully saturated rings. The molecule has 290 valence electrons. The van der Waals surface area contributed by atoms with Gasteiger partial charge in [0.15, 0.2) is 6.10 Å². The third-order valence-electron chi connectivity index (χ3n) is 8.00. The quantitative estimate of drug-likeness (QED) is 0.0214. The highest BCUT2D eigenvalue weighted by Crippen LogP contribution is 2.43. The van der Waals surface area contributed by atoms with Crippen LogP contribution in [0.25, 0.3) is 0 Å². The van der Waals surface area contributed by atoms with Gasteiger partial charge < -0.3 is 20.1 Å². The van der Waals surface area contributed by atoms with Crippen molar-refractivity contribution >= 4 is 13.8 Å². The predicted molar refractivity (Wildman–Crippen MR) is 210 cm³/mol. The number of carbonyl (C=O) groups is 1. The van der Waals surface area contributed by atoms with Crippen LogP contribution >= 0.6 is 7.82 Å². The van der Waals surface area contributed by atoms with Gasteiger partial charge in [-0.2, -0.15) is 0 Å². The van der Waals surface area contributed by atoms with Crippen molar-refractivity contribution in [3.05, 3.63) is 60.9 Å². The first kappa shape index (κ1) is 48.0. The lowest BCUT2D eigenvalue weighted by Crippen LogP contribution is -2.25. The molecule has 0 amide bonds. The van der Waals surface area contributed by atoms with Crippen LogP contribution in [0.1, 0.15) is 162 Å². The fourth-order valence-electron chi connectivity index (χ4n) is 4.98. The Bertz CT molecular complexity index is 947. The monoisotopic (exact) mass is 724 g/mol. The van der Waals surface area contributed by atoms with E-state index in [9.17, 15) is 14.3 Å². The third kappa shape index (κ3) is 37.3. The molecular weight excluding hydrogens is 649 g/mol. The number of phosphoric acid groups is 1. The van der Waals surface area contributed by atoms with E-state index in [-0.39, 0.29) is 32.3 Å². The van der Waals surface area contributed by atoms with E-state index in [1.165, 1.54) is 89.9 Å². The van der Waals surface area contributed by atoms with Crippen molar-refractivity contribution in [2.24, 2.45) is 5.73 Å². The van der Waals surface area contributed by atoms with Gasteiger partial charge in [-0.1, -0.05) is 120 Å². The molecular formula is C41H74NO7P. The first-order valence-electron chi connectivity index (χ1n) is 19.8. The fourth-order valence-corrected chi connectivity index (χ4v) is 5.75. The number of esters is 1. The number of hydrogen-bond donors (Lipinski definition) is 2. The smallest absolute Gasteiger partial charge is 0.472 e. The molecule has 0 aliphatic heterocycles. The van der Waals surface area contributed by atoms with Crippen LogP contribution in [-0.4, -0.2) is 43.3 Å². The highest BCUT2D eigenvalue weighted by Gasteiger charge is 2.24. The maximum Gasteiger partial charge on any atom is 0.472 e. The molecule has 0 saturated heterocycles. The minimum atomic E-state index is -4.28. The number of ether oxygens (including phenoxy) is 2. The average molecular weight is 724 g/mol. The van der Waals surface area contributed by atoms with Crippen LogP contribution in [0, 0.1) is 0 Å². The van der Waals surface area contributed by atoms with E-state index in [1.54, 1.807) is 6.26 Å². The number of allylic oxidation sites excluding steroid dienone is 9. The van der Waals surface area contributed by atoms with Gasteiger partial charge in [-0.3, -0.25) is 13.8 Å². The molecule has 0 aromatic carbocycles. The van der Waals surface area contributed by atoms with Crippen molar-refractivity contribution in [3.8, 4) is 0 Å². The van der Waals surface area contributed by atoms with E-state index in [0.29, 0.717) is 6.42 Å². The van der Waals surface area contributed by atoms with Gasteiger partial charge in [-0.05, 0) is 89.5 Å². The number of carbonyl (C=O) groups excluding carboxylic acids is 1. The highest BCUT2D eigenvalue weighted by molar-refractivity contribution is 7.47. The van der Waals surface area contributed by atoms with Crippen molar-refractivity contribution < 1.29 is 32.8 Å². The van der Waals surface area contributed by atoms with Gasteiger partial charge in [0.25, 0.3) is 0 Å². The summed E-state index contributed by atoms with van der Waals surface area (Å²) in [6, 6.07) is 0. The van der Waals surface area contributed by atoms with Crippen molar-refractivity contribution in [2.75, 3.05) is 26.4 Å². The van der Waals surface area contributed by atoms with E-state index in [4.69, 9.17) is 24.3 Å². The Morgan fingerprint density at radius 1 is 0.620 bits per heavy atom. The highest BCUT2D eigenvalue weighted by atomic mass is 31.2. The molecule has 0 aliphatic carbocycles. The molecule has 50 heavy (non-hydrogen) atoms. The van der Waals surface area contributed by atoms with Gasteiger partial charge in [0, 0.05) is 13.0 Å². The topological polar surface area (TPSA) is 117 Å². The van der Waals surface area contributed by atoms with E-state index < -0.39 is 13.9 Å². The summed E-state index contributed by atoms with van der Waals surface area (Å²) >= 11 is 0. The molecule has 0 aromatic heterocycles. The summed E-state index contributed by atoms with van der Waals surface area (Å²) in [5, 5.41) is 0. The zero-order valence-corrected chi connectivity index (χ0v) is 32.8. The minimum absolute atomic E-state index is 0.0890. The molecule has 2 atom stereocenters. The second-order valence-corrected chi connectivity index (χ2v) is 14.3. The molecule has 1 unspecified atom stereocenters.